The number of nitrogens with zero attached hydrogens (tertiary/aromatic N) is 1. The Labute approximate surface area is 132 Å². The van der Waals surface area contributed by atoms with Crippen LogP contribution in [-0.4, -0.2) is 24.8 Å². The molecule has 0 fully saturated rings. The Morgan fingerprint density at radius 3 is 2.17 bits per heavy atom. The molecule has 0 bridgehead atoms. The maximum atomic E-state index is 12.6. The van der Waals surface area contributed by atoms with Crippen molar-refractivity contribution >= 4 is 29.1 Å². The van der Waals surface area contributed by atoms with E-state index < -0.39 is 11.8 Å². The summed E-state index contributed by atoms with van der Waals surface area (Å²) in [6.45, 7) is 1.35. The maximum absolute atomic E-state index is 12.6. The molecule has 0 aromatic heterocycles. The molecule has 1 heterocycles. The number of fused-ring (bicyclic) bond motifs is 1. The van der Waals surface area contributed by atoms with E-state index in [4.69, 9.17) is 4.74 Å². The molecule has 0 saturated heterocycles. The highest BCUT2D eigenvalue weighted by Gasteiger charge is 2.37. The third-order valence-corrected chi connectivity index (χ3v) is 3.55. The first kappa shape index (κ1) is 14.8. The molecular weight excluding hydrogens is 296 g/mol. The normalized spacial score (nSPS) is 13.0. The van der Waals surface area contributed by atoms with E-state index in [1.807, 2.05) is 0 Å². The van der Waals surface area contributed by atoms with Gasteiger partial charge in [0.25, 0.3) is 11.8 Å². The number of benzene rings is 2. The van der Waals surface area contributed by atoms with Gasteiger partial charge in [0.05, 0.1) is 29.6 Å². The Morgan fingerprint density at radius 1 is 1.04 bits per heavy atom. The summed E-state index contributed by atoms with van der Waals surface area (Å²) in [5.74, 6) is -0.630. The minimum atomic E-state index is -0.414. The first-order chi connectivity index (χ1) is 11.0. The van der Waals surface area contributed by atoms with Crippen LogP contribution >= 0.6 is 0 Å². The largest absolute Gasteiger partial charge is 0.497 e. The van der Waals surface area contributed by atoms with Crippen LogP contribution in [0.15, 0.2) is 42.5 Å². The molecule has 1 aliphatic heterocycles. The zero-order valence-corrected chi connectivity index (χ0v) is 12.6. The molecule has 1 aliphatic rings. The average molecular weight is 310 g/mol. The standard InChI is InChI=1S/C17H14N2O4/c1-10(20)18-14-9-11(23-2)7-8-15(14)19-16(21)12-5-3-4-6-13(12)17(19)22/h3-9H,1-2H3,(H,18,20). The molecule has 0 atom stereocenters. The van der Waals surface area contributed by atoms with Gasteiger partial charge in [0.2, 0.25) is 5.91 Å². The molecule has 2 aromatic rings. The first-order valence-corrected chi connectivity index (χ1v) is 6.96. The number of amides is 3. The van der Waals surface area contributed by atoms with Gasteiger partial charge in [0, 0.05) is 13.0 Å². The lowest BCUT2D eigenvalue weighted by atomic mass is 10.1. The van der Waals surface area contributed by atoms with Gasteiger partial charge in [-0.2, -0.15) is 0 Å². The van der Waals surface area contributed by atoms with Crippen molar-refractivity contribution in [2.45, 2.75) is 6.92 Å². The molecule has 23 heavy (non-hydrogen) atoms. The second kappa shape index (κ2) is 5.57. The van der Waals surface area contributed by atoms with Gasteiger partial charge < -0.3 is 10.1 Å². The van der Waals surface area contributed by atoms with Crippen LogP contribution in [-0.2, 0) is 4.79 Å². The van der Waals surface area contributed by atoms with Crippen molar-refractivity contribution < 1.29 is 19.1 Å². The SMILES string of the molecule is COc1ccc(N2C(=O)c3ccccc3C2=O)c(NC(C)=O)c1. The number of rotatable bonds is 3. The van der Waals surface area contributed by atoms with Crippen LogP contribution in [0.4, 0.5) is 11.4 Å². The number of ether oxygens (including phenoxy) is 1. The average Bonchev–Trinajstić information content (AvgIpc) is 2.79. The summed E-state index contributed by atoms with van der Waals surface area (Å²) in [7, 11) is 1.49. The highest BCUT2D eigenvalue weighted by atomic mass is 16.5. The van der Waals surface area contributed by atoms with Gasteiger partial charge in [-0.3, -0.25) is 14.4 Å². The Hall–Kier alpha value is -3.15. The van der Waals surface area contributed by atoms with Crippen molar-refractivity contribution in [3.05, 3.63) is 53.6 Å². The molecular formula is C17H14N2O4. The monoisotopic (exact) mass is 310 g/mol. The molecule has 6 nitrogen and oxygen atoms in total. The lowest BCUT2D eigenvalue weighted by molar-refractivity contribution is -0.114. The second-order valence-electron chi connectivity index (χ2n) is 5.06. The molecule has 116 valence electrons. The summed E-state index contributed by atoms with van der Waals surface area (Å²) < 4.78 is 5.13. The molecule has 3 rings (SSSR count). The van der Waals surface area contributed by atoms with Crippen LogP contribution in [0.25, 0.3) is 0 Å². The van der Waals surface area contributed by atoms with Crippen molar-refractivity contribution in [1.82, 2.24) is 0 Å². The van der Waals surface area contributed by atoms with Crippen molar-refractivity contribution in [2.24, 2.45) is 0 Å². The van der Waals surface area contributed by atoms with Gasteiger partial charge in [-0.1, -0.05) is 12.1 Å². The van der Waals surface area contributed by atoms with Gasteiger partial charge in [-0.05, 0) is 24.3 Å². The fraction of sp³-hybridized carbons (Fsp3) is 0.118. The molecule has 0 unspecified atom stereocenters. The predicted molar refractivity (Wildman–Crippen MR) is 84.9 cm³/mol. The summed E-state index contributed by atoms with van der Waals surface area (Å²) in [6.07, 6.45) is 0. The van der Waals surface area contributed by atoms with Crippen LogP contribution in [0.5, 0.6) is 5.75 Å². The van der Waals surface area contributed by atoms with Crippen LogP contribution in [0.3, 0.4) is 0 Å². The molecule has 0 saturated carbocycles. The Bertz CT molecular complexity index is 794. The van der Waals surface area contributed by atoms with E-state index in [1.54, 1.807) is 42.5 Å². The molecule has 1 N–H and O–H groups in total. The summed E-state index contributed by atoms with van der Waals surface area (Å²) in [5.41, 5.74) is 1.35. The fourth-order valence-electron chi connectivity index (χ4n) is 2.53. The van der Waals surface area contributed by atoms with Crippen molar-refractivity contribution in [3.8, 4) is 5.75 Å². The van der Waals surface area contributed by atoms with Gasteiger partial charge in [0.1, 0.15) is 5.75 Å². The van der Waals surface area contributed by atoms with E-state index in [0.717, 1.165) is 4.90 Å². The van der Waals surface area contributed by atoms with E-state index in [9.17, 15) is 14.4 Å². The van der Waals surface area contributed by atoms with E-state index in [-0.39, 0.29) is 5.91 Å². The van der Waals surface area contributed by atoms with Crippen molar-refractivity contribution in [1.29, 1.82) is 0 Å². The Balaban J connectivity index is 2.11. The topological polar surface area (TPSA) is 75.7 Å². The number of carbonyl (C=O) groups excluding carboxylic acids is 3. The number of methoxy groups -OCH3 is 1. The summed E-state index contributed by atoms with van der Waals surface area (Å²) >= 11 is 0. The van der Waals surface area contributed by atoms with Gasteiger partial charge in [0.15, 0.2) is 0 Å². The quantitative estimate of drug-likeness (QED) is 0.884. The van der Waals surface area contributed by atoms with E-state index in [2.05, 4.69) is 5.32 Å². The number of nitrogens with one attached hydrogen (secondary N) is 1. The molecule has 2 aromatic carbocycles. The fourth-order valence-corrected chi connectivity index (χ4v) is 2.53. The molecule has 6 heteroatoms. The minimum absolute atomic E-state index is 0.309. The number of carbonyl (C=O) groups is 3. The minimum Gasteiger partial charge on any atom is -0.497 e. The summed E-state index contributed by atoms with van der Waals surface area (Å²) in [4.78, 5) is 37.6. The smallest absolute Gasteiger partial charge is 0.266 e. The highest BCUT2D eigenvalue weighted by Crippen LogP contribution is 2.35. The lowest BCUT2D eigenvalue weighted by Crippen LogP contribution is -2.30. The van der Waals surface area contributed by atoms with E-state index in [1.165, 1.54) is 14.0 Å². The predicted octanol–water partition coefficient (Wildman–Crippen LogP) is 2.45. The molecule has 0 aliphatic carbocycles. The number of imide groups is 1. The zero-order valence-electron chi connectivity index (χ0n) is 12.6. The Kier molecular flexibility index (Phi) is 3.57. The van der Waals surface area contributed by atoms with Gasteiger partial charge in [-0.15, -0.1) is 0 Å². The first-order valence-electron chi connectivity index (χ1n) is 6.96. The zero-order chi connectivity index (χ0) is 16.6. The third-order valence-electron chi connectivity index (χ3n) is 3.55. The Morgan fingerprint density at radius 2 is 1.65 bits per heavy atom. The number of hydrogen-bond donors (Lipinski definition) is 1. The highest BCUT2D eigenvalue weighted by molar-refractivity contribution is 6.35. The van der Waals surface area contributed by atoms with Crippen LogP contribution in [0.1, 0.15) is 27.6 Å². The van der Waals surface area contributed by atoms with E-state index in [0.29, 0.717) is 28.3 Å². The molecule has 3 amide bonds. The van der Waals surface area contributed by atoms with Crippen molar-refractivity contribution in [2.75, 3.05) is 17.3 Å². The second-order valence-corrected chi connectivity index (χ2v) is 5.06. The molecule has 0 radical (unpaired) electrons. The summed E-state index contributed by atoms with van der Waals surface area (Å²) in [5, 5.41) is 2.63. The van der Waals surface area contributed by atoms with E-state index >= 15 is 0 Å². The lowest BCUT2D eigenvalue weighted by Gasteiger charge is -2.19. The van der Waals surface area contributed by atoms with Crippen LogP contribution < -0.4 is 15.0 Å². The number of hydrogen-bond acceptors (Lipinski definition) is 4. The van der Waals surface area contributed by atoms with Crippen LogP contribution in [0.2, 0.25) is 0 Å². The van der Waals surface area contributed by atoms with Gasteiger partial charge in [-0.25, -0.2) is 4.90 Å². The van der Waals surface area contributed by atoms with Crippen LogP contribution in [0, 0.1) is 0 Å². The summed E-state index contributed by atoms with van der Waals surface area (Å²) in [6, 6.07) is 11.4. The number of anilines is 2. The van der Waals surface area contributed by atoms with Crippen molar-refractivity contribution in [3.63, 3.8) is 0 Å². The van der Waals surface area contributed by atoms with Gasteiger partial charge >= 0.3 is 0 Å². The maximum Gasteiger partial charge on any atom is 0.266 e. The third kappa shape index (κ3) is 2.44. The molecule has 0 spiro atoms.